The Morgan fingerprint density at radius 2 is 2.03 bits per heavy atom. The number of rotatable bonds is 3. The largest absolute Gasteiger partial charge is 0.433 e. The van der Waals surface area contributed by atoms with Crippen LogP contribution in [0.1, 0.15) is 39.8 Å². The predicted molar refractivity (Wildman–Crippen MR) is 123 cm³/mol. The van der Waals surface area contributed by atoms with E-state index in [1.165, 1.54) is 6.07 Å². The first-order valence-corrected chi connectivity index (χ1v) is 11.2. The highest BCUT2D eigenvalue weighted by molar-refractivity contribution is 6.04. The van der Waals surface area contributed by atoms with E-state index in [9.17, 15) is 23.1 Å². The maximum atomic E-state index is 13.0. The van der Waals surface area contributed by atoms with Crippen molar-refractivity contribution in [2.24, 2.45) is 0 Å². The van der Waals surface area contributed by atoms with Gasteiger partial charge in [-0.05, 0) is 48.4 Å². The molecule has 0 saturated carbocycles. The molecule has 1 fully saturated rings. The molecule has 1 amide bonds. The molecular weight excluding hydrogens is 461 g/mol. The van der Waals surface area contributed by atoms with E-state index < -0.39 is 23.9 Å². The monoisotopic (exact) mass is 484 g/mol. The van der Waals surface area contributed by atoms with Gasteiger partial charge in [0, 0.05) is 42.2 Å². The van der Waals surface area contributed by atoms with Gasteiger partial charge in [0.05, 0.1) is 30.6 Å². The smallest absolute Gasteiger partial charge is 0.387 e. The third-order valence-electron chi connectivity index (χ3n) is 6.36. The molecule has 0 unspecified atom stereocenters. The van der Waals surface area contributed by atoms with Crippen molar-refractivity contribution in [2.45, 2.75) is 31.7 Å². The summed E-state index contributed by atoms with van der Waals surface area (Å²) in [5.41, 5.74) is 3.21. The zero-order chi connectivity index (χ0) is 24.7. The Morgan fingerprint density at radius 1 is 1.20 bits per heavy atom. The highest BCUT2D eigenvalue weighted by Gasteiger charge is 2.35. The van der Waals surface area contributed by atoms with Crippen LogP contribution in [-0.2, 0) is 10.9 Å². The number of benzene rings is 1. The van der Waals surface area contributed by atoms with Gasteiger partial charge in [0.25, 0.3) is 5.91 Å². The average Bonchev–Trinajstić information content (AvgIpc) is 2.84. The number of hydrogen-bond acceptors (Lipinski definition) is 6. The van der Waals surface area contributed by atoms with Crippen LogP contribution in [0.25, 0.3) is 11.1 Å². The summed E-state index contributed by atoms with van der Waals surface area (Å²) >= 11 is 0. The molecule has 35 heavy (non-hydrogen) atoms. The quantitative estimate of drug-likeness (QED) is 0.574. The number of hydrogen-bond donors (Lipinski definition) is 2. The molecule has 0 aliphatic carbocycles. The molecule has 1 saturated heterocycles. The van der Waals surface area contributed by atoms with E-state index in [0.29, 0.717) is 37.6 Å². The molecule has 4 heterocycles. The van der Waals surface area contributed by atoms with Gasteiger partial charge in [0.2, 0.25) is 0 Å². The van der Waals surface area contributed by atoms with Gasteiger partial charge >= 0.3 is 6.18 Å². The lowest BCUT2D eigenvalue weighted by molar-refractivity contribution is -0.141. The van der Waals surface area contributed by atoms with E-state index in [-0.39, 0.29) is 11.6 Å². The molecule has 10 heteroatoms. The second kappa shape index (κ2) is 8.94. The van der Waals surface area contributed by atoms with Crippen molar-refractivity contribution in [3.8, 4) is 11.1 Å². The van der Waals surface area contributed by atoms with Crippen LogP contribution in [0.2, 0.25) is 0 Å². The summed E-state index contributed by atoms with van der Waals surface area (Å²) in [6.07, 6.45) is -2.10. The van der Waals surface area contributed by atoms with Crippen molar-refractivity contribution in [3.63, 3.8) is 0 Å². The maximum Gasteiger partial charge on any atom is 0.433 e. The molecular formula is C25H23F3N4O3. The van der Waals surface area contributed by atoms with Gasteiger partial charge in [-0.25, -0.2) is 0 Å². The Balaban J connectivity index is 1.44. The first kappa shape index (κ1) is 23.3. The Labute approximate surface area is 199 Å². The van der Waals surface area contributed by atoms with Crippen molar-refractivity contribution in [1.82, 2.24) is 9.97 Å². The van der Waals surface area contributed by atoms with Crippen LogP contribution in [0, 0.1) is 6.92 Å². The van der Waals surface area contributed by atoms with Gasteiger partial charge in [0.15, 0.2) is 0 Å². The molecule has 2 aromatic heterocycles. The lowest BCUT2D eigenvalue weighted by atomic mass is 9.94. The molecule has 0 radical (unpaired) electrons. The van der Waals surface area contributed by atoms with Crippen molar-refractivity contribution in [1.29, 1.82) is 0 Å². The number of fused-ring (bicyclic) bond motifs is 3. The summed E-state index contributed by atoms with van der Waals surface area (Å²) in [6, 6.07) is 9.30. The van der Waals surface area contributed by atoms with Gasteiger partial charge in [-0.2, -0.15) is 13.2 Å². The molecule has 7 nitrogen and oxygen atoms in total. The zero-order valence-corrected chi connectivity index (χ0v) is 18.8. The van der Waals surface area contributed by atoms with Crippen molar-refractivity contribution < 1.29 is 27.8 Å². The Kier molecular flexibility index (Phi) is 5.94. The van der Waals surface area contributed by atoms with E-state index in [1.807, 2.05) is 19.1 Å². The average molecular weight is 484 g/mol. The summed E-state index contributed by atoms with van der Waals surface area (Å²) in [5, 5.41) is 13.2. The molecule has 2 aliphatic rings. The number of aromatic nitrogens is 2. The van der Waals surface area contributed by atoms with E-state index >= 15 is 0 Å². The number of aryl methyl sites for hydroxylation is 1. The Bertz CT molecular complexity index is 1280. The molecule has 2 atom stereocenters. The van der Waals surface area contributed by atoms with Crippen LogP contribution >= 0.6 is 0 Å². The maximum absolute atomic E-state index is 13.0. The standard InChI is InChI=1S/C25H23F3N4O3/c1-14-2-3-17(31-24(34)15-4-5-29-22(9-15)25(26,27)28)10-19(14)16-8-20-23(30-12-16)21(33)11-18-13-35-7-6-32(18)20/h2-5,8-10,12,18,21,33H,6-7,11,13H2,1H3,(H,31,34)/t18-,21-/m0/s1. The minimum Gasteiger partial charge on any atom is -0.387 e. The van der Waals surface area contributed by atoms with Crippen LogP contribution in [0.15, 0.2) is 48.8 Å². The number of ether oxygens (including phenoxy) is 1. The Hall–Kier alpha value is -3.50. The zero-order valence-electron chi connectivity index (χ0n) is 18.8. The second-order valence-electron chi connectivity index (χ2n) is 8.71. The number of aliphatic hydroxyl groups is 1. The molecule has 5 rings (SSSR count). The second-order valence-corrected chi connectivity index (χ2v) is 8.71. The summed E-state index contributed by atoms with van der Waals surface area (Å²) in [5.74, 6) is -0.671. The number of pyridine rings is 2. The third-order valence-corrected chi connectivity index (χ3v) is 6.36. The van der Waals surface area contributed by atoms with Gasteiger partial charge in [0.1, 0.15) is 11.8 Å². The van der Waals surface area contributed by atoms with Gasteiger partial charge in [-0.3, -0.25) is 14.8 Å². The van der Waals surface area contributed by atoms with Crippen LogP contribution in [-0.4, -0.2) is 46.8 Å². The number of anilines is 2. The first-order chi connectivity index (χ1) is 16.7. The van der Waals surface area contributed by atoms with E-state index in [1.54, 1.807) is 18.3 Å². The van der Waals surface area contributed by atoms with Gasteiger partial charge in [-0.1, -0.05) is 6.07 Å². The number of nitrogens with zero attached hydrogens (tertiary/aromatic N) is 3. The fourth-order valence-electron chi connectivity index (χ4n) is 4.58. The van der Waals surface area contributed by atoms with Crippen molar-refractivity contribution in [3.05, 3.63) is 71.3 Å². The lowest BCUT2D eigenvalue weighted by Crippen LogP contribution is -2.49. The number of morpholine rings is 1. The first-order valence-electron chi connectivity index (χ1n) is 11.2. The number of carbonyl (C=O) groups excluding carboxylic acids is 1. The highest BCUT2D eigenvalue weighted by Crippen LogP contribution is 2.39. The van der Waals surface area contributed by atoms with Crippen LogP contribution in [0.4, 0.5) is 24.5 Å². The summed E-state index contributed by atoms with van der Waals surface area (Å²) in [4.78, 5) is 22.7. The van der Waals surface area contributed by atoms with Gasteiger partial charge < -0.3 is 20.1 Å². The van der Waals surface area contributed by atoms with E-state index in [0.717, 1.165) is 34.6 Å². The van der Waals surface area contributed by atoms with Crippen LogP contribution < -0.4 is 10.2 Å². The summed E-state index contributed by atoms with van der Waals surface area (Å²) in [7, 11) is 0. The SMILES string of the molecule is Cc1ccc(NC(=O)c2ccnc(C(F)(F)F)c2)cc1-c1cnc2c(c1)N1CCOC[C@@H]1C[C@@H]2O. The number of halogens is 3. The molecule has 0 spiro atoms. The number of carbonyl (C=O) groups is 1. The fourth-order valence-corrected chi connectivity index (χ4v) is 4.58. The summed E-state index contributed by atoms with van der Waals surface area (Å²) < 4.78 is 44.5. The number of alkyl halides is 3. The molecule has 1 aromatic carbocycles. The topological polar surface area (TPSA) is 87.6 Å². The van der Waals surface area contributed by atoms with Crippen LogP contribution in [0.3, 0.4) is 0 Å². The summed E-state index contributed by atoms with van der Waals surface area (Å²) in [6.45, 7) is 3.77. The predicted octanol–water partition coefficient (Wildman–Crippen LogP) is 4.37. The molecule has 182 valence electrons. The third kappa shape index (κ3) is 4.59. The Morgan fingerprint density at radius 3 is 2.83 bits per heavy atom. The fraction of sp³-hybridized carbons (Fsp3) is 0.320. The number of aliphatic hydroxyl groups excluding tert-OH is 1. The molecule has 3 aromatic rings. The number of nitrogens with one attached hydrogen (secondary N) is 1. The molecule has 2 aliphatic heterocycles. The highest BCUT2D eigenvalue weighted by atomic mass is 19.4. The molecule has 2 N–H and O–H groups in total. The lowest BCUT2D eigenvalue weighted by Gasteiger charge is -2.43. The van der Waals surface area contributed by atoms with Crippen LogP contribution in [0.5, 0.6) is 0 Å². The van der Waals surface area contributed by atoms with E-state index in [2.05, 4.69) is 20.2 Å². The minimum absolute atomic E-state index is 0.0805. The minimum atomic E-state index is -4.64. The van der Waals surface area contributed by atoms with Crippen molar-refractivity contribution in [2.75, 3.05) is 30.0 Å². The molecule has 0 bridgehead atoms. The number of amides is 1. The van der Waals surface area contributed by atoms with Crippen molar-refractivity contribution >= 4 is 17.3 Å². The van der Waals surface area contributed by atoms with Gasteiger partial charge in [-0.15, -0.1) is 0 Å². The van der Waals surface area contributed by atoms with E-state index in [4.69, 9.17) is 4.74 Å². The normalized spacial score (nSPS) is 19.6.